The number of sulfonamides is 1. The molecular weight excluding hydrogens is 895 g/mol. The molecule has 0 radical (unpaired) electrons. The summed E-state index contributed by atoms with van der Waals surface area (Å²) in [6.07, 6.45) is 0.744. The van der Waals surface area contributed by atoms with E-state index in [-0.39, 0.29) is 59.0 Å². The molecule has 0 aliphatic heterocycles. The fourth-order valence-corrected chi connectivity index (χ4v) is 7.37. The van der Waals surface area contributed by atoms with Crippen LogP contribution in [0.25, 0.3) is 0 Å². The maximum atomic E-state index is 13.1. The van der Waals surface area contributed by atoms with Crippen molar-refractivity contribution in [3.63, 3.8) is 0 Å². The average molecular weight is 976 g/mol. The molecule has 69 heavy (non-hydrogen) atoms. The molecule has 15 nitrogen and oxygen atoms in total. The number of nitrogens with one attached hydrogen (secondary N) is 4. The molecule has 16 heteroatoms. The predicted octanol–water partition coefficient (Wildman–Crippen LogP) is 7.03. The molecule has 0 spiro atoms. The summed E-state index contributed by atoms with van der Waals surface area (Å²) in [5.74, 6) is 0.259. The molecule has 0 saturated heterocycles. The van der Waals surface area contributed by atoms with Crippen LogP contribution in [0, 0.1) is 13.8 Å². The number of carbonyl (C=O) groups is 4. The zero-order valence-corrected chi connectivity index (χ0v) is 44.9. The Morgan fingerprint density at radius 1 is 0.681 bits per heavy atom. The fraction of sp³-hybridized carbons (Fsp3) is 0.472. The first-order chi connectivity index (χ1) is 31.9. The van der Waals surface area contributed by atoms with Gasteiger partial charge < -0.3 is 41.4 Å². The molecule has 0 aliphatic carbocycles. The van der Waals surface area contributed by atoms with Crippen molar-refractivity contribution in [3.8, 4) is 5.75 Å². The summed E-state index contributed by atoms with van der Waals surface area (Å²) >= 11 is 0. The van der Waals surface area contributed by atoms with Gasteiger partial charge in [0.25, 0.3) is 11.8 Å². The van der Waals surface area contributed by atoms with Crippen LogP contribution >= 0.6 is 0 Å². The summed E-state index contributed by atoms with van der Waals surface area (Å²) in [5.41, 5.74) is 12.0. The number of nitrogens with two attached hydrogens (primary N) is 1. The van der Waals surface area contributed by atoms with Crippen molar-refractivity contribution < 1.29 is 37.1 Å². The average Bonchev–Trinajstić information content (AvgIpc) is 3.27. The van der Waals surface area contributed by atoms with E-state index < -0.39 is 10.0 Å². The topological polar surface area (TPSA) is 202 Å². The predicted molar refractivity (Wildman–Crippen MR) is 278 cm³/mol. The van der Waals surface area contributed by atoms with Crippen LogP contribution in [0.1, 0.15) is 121 Å². The van der Waals surface area contributed by atoms with E-state index >= 15 is 0 Å². The van der Waals surface area contributed by atoms with E-state index in [9.17, 15) is 27.6 Å². The molecule has 0 bridgehead atoms. The number of carbonyl (C=O) groups excluding carboxylic acids is 4. The third kappa shape index (κ3) is 25.1. The lowest BCUT2D eigenvalue weighted by molar-refractivity contribution is -0.135. The first kappa shape index (κ1) is 61.5. The van der Waals surface area contributed by atoms with Gasteiger partial charge in [-0.15, -0.1) is 0 Å². The molecule has 4 aromatic carbocycles. The van der Waals surface area contributed by atoms with Crippen molar-refractivity contribution in [2.45, 2.75) is 117 Å². The van der Waals surface area contributed by atoms with Crippen molar-refractivity contribution in [3.05, 3.63) is 129 Å². The molecule has 4 aromatic rings. The highest BCUT2D eigenvalue weighted by atomic mass is 32.2. The smallest absolute Gasteiger partial charge is 0.251 e. The number of amides is 3. The number of hydrogen-bond donors (Lipinski definition) is 5. The molecule has 0 aromatic heterocycles. The number of likely N-dealkylation sites (N-methyl/N-ethyl adjacent to an activating group) is 2. The first-order valence-electron chi connectivity index (χ1n) is 22.8. The van der Waals surface area contributed by atoms with Gasteiger partial charge in [0.05, 0.1) is 18.6 Å². The maximum absolute atomic E-state index is 13.1. The van der Waals surface area contributed by atoms with E-state index in [0.29, 0.717) is 40.1 Å². The maximum Gasteiger partial charge on any atom is 0.251 e. The lowest BCUT2D eigenvalue weighted by Gasteiger charge is -2.21. The summed E-state index contributed by atoms with van der Waals surface area (Å²) in [4.78, 5) is 46.9. The SMILES string of the molecule is CC(C)(C)N.CNC(=O)c1ccc(C=O)cc1.CNC(=O)c1ccc(CNC(C)(C)C)cc1.COc1cc(C)c(S(=O)(=O)N(C)CCOCC(=O)N(C)Cc2ccc(CNC(C)(C)C)cc2)c(C)c1. The number of aryl methyl sites for hydroxylation is 2. The van der Waals surface area contributed by atoms with Gasteiger partial charge in [-0.1, -0.05) is 48.5 Å². The van der Waals surface area contributed by atoms with Crippen molar-refractivity contribution >= 4 is 34.0 Å². The second-order valence-electron chi connectivity index (χ2n) is 19.7. The highest BCUT2D eigenvalue weighted by Crippen LogP contribution is 2.27. The van der Waals surface area contributed by atoms with Crippen molar-refractivity contribution in [1.82, 2.24) is 30.5 Å². The van der Waals surface area contributed by atoms with Gasteiger partial charge in [0, 0.05) is 87.7 Å². The molecule has 0 unspecified atom stereocenters. The highest BCUT2D eigenvalue weighted by Gasteiger charge is 2.25. The summed E-state index contributed by atoms with van der Waals surface area (Å²) < 4.78 is 38.1. The lowest BCUT2D eigenvalue weighted by atomic mass is 10.1. The van der Waals surface area contributed by atoms with Crippen molar-refractivity contribution in [2.24, 2.45) is 5.73 Å². The van der Waals surface area contributed by atoms with Crippen LogP contribution in [0.5, 0.6) is 5.75 Å². The Labute approximate surface area is 413 Å². The first-order valence-corrected chi connectivity index (χ1v) is 24.3. The highest BCUT2D eigenvalue weighted by molar-refractivity contribution is 7.89. The number of nitrogens with zero attached hydrogens (tertiary/aromatic N) is 2. The van der Waals surface area contributed by atoms with Crippen LogP contribution in [-0.2, 0) is 39.2 Å². The van der Waals surface area contributed by atoms with Gasteiger partial charge in [0.2, 0.25) is 15.9 Å². The lowest BCUT2D eigenvalue weighted by Crippen LogP contribution is -2.35. The van der Waals surface area contributed by atoms with E-state index in [4.69, 9.17) is 15.2 Å². The molecule has 0 fully saturated rings. The quantitative estimate of drug-likeness (QED) is 0.0537. The number of aldehydes is 1. The minimum atomic E-state index is -3.70. The van der Waals surface area contributed by atoms with Gasteiger partial charge in [0.1, 0.15) is 18.6 Å². The Balaban J connectivity index is 0.000000585. The second-order valence-corrected chi connectivity index (χ2v) is 21.7. The van der Waals surface area contributed by atoms with Gasteiger partial charge in [-0.25, -0.2) is 8.42 Å². The third-order valence-corrected chi connectivity index (χ3v) is 11.8. The number of methoxy groups -OCH3 is 1. The van der Waals surface area contributed by atoms with Crippen LogP contribution in [0.4, 0.5) is 0 Å². The number of hydrogen-bond acceptors (Lipinski definition) is 11. The van der Waals surface area contributed by atoms with Crippen LogP contribution < -0.4 is 31.7 Å². The molecule has 3 amide bonds. The standard InChI is InChI=1S/C27H41N3O5S.C13H20N2O.C9H9NO2.C4H11N/c1-20-15-24(34-8)16-21(2)26(20)36(32,33)30(7)13-14-35-19-25(31)29(6)18-23-11-9-22(10-12-23)17-28-27(3,4)5;1-13(2,3)15-9-10-5-7-11(8-6-10)12(16)14-4;1-10-9(12)8-4-2-7(6-11)3-5-8;1-4(2,3)5/h9-12,15-16,28H,13-14,17-19H2,1-8H3;5-8,15H,9H2,1-4H3,(H,14,16);2-6H,1H3,(H,10,12);5H2,1-3H3. The Kier molecular flexibility index (Phi) is 25.7. The van der Waals surface area contributed by atoms with Gasteiger partial charge in [-0.05, 0) is 140 Å². The van der Waals surface area contributed by atoms with Gasteiger partial charge >= 0.3 is 0 Å². The monoisotopic (exact) mass is 976 g/mol. The minimum Gasteiger partial charge on any atom is -0.497 e. The van der Waals surface area contributed by atoms with Gasteiger partial charge in [-0.2, -0.15) is 4.31 Å². The number of ether oxygens (including phenoxy) is 2. The van der Waals surface area contributed by atoms with E-state index in [2.05, 4.69) is 74.9 Å². The fourth-order valence-electron chi connectivity index (χ4n) is 5.81. The Morgan fingerprint density at radius 3 is 1.45 bits per heavy atom. The Bertz CT molecular complexity index is 2290. The largest absolute Gasteiger partial charge is 0.497 e. The van der Waals surface area contributed by atoms with E-state index in [1.54, 1.807) is 83.4 Å². The number of benzene rings is 4. The molecule has 382 valence electrons. The molecule has 0 heterocycles. The van der Waals surface area contributed by atoms with E-state index in [1.807, 2.05) is 57.2 Å². The van der Waals surface area contributed by atoms with Gasteiger partial charge in [-0.3, -0.25) is 19.2 Å². The minimum absolute atomic E-state index is 0. The normalized spacial score (nSPS) is 11.4. The van der Waals surface area contributed by atoms with Crippen molar-refractivity contribution in [2.75, 3.05) is 55.1 Å². The molecule has 4 rings (SSSR count). The van der Waals surface area contributed by atoms with Crippen molar-refractivity contribution in [1.29, 1.82) is 0 Å². The van der Waals surface area contributed by atoms with E-state index in [1.165, 1.54) is 22.5 Å². The summed E-state index contributed by atoms with van der Waals surface area (Å²) in [6, 6.07) is 25.7. The second kappa shape index (κ2) is 28.9. The van der Waals surface area contributed by atoms with E-state index in [0.717, 1.165) is 24.9 Å². The Hall–Kier alpha value is -5.49. The zero-order valence-electron chi connectivity index (χ0n) is 44.0. The summed E-state index contributed by atoms with van der Waals surface area (Å²) in [7, 11) is 4.29. The molecule has 0 aliphatic rings. The van der Waals surface area contributed by atoms with Crippen LogP contribution in [0.3, 0.4) is 0 Å². The van der Waals surface area contributed by atoms with Gasteiger partial charge in [0.15, 0.2) is 0 Å². The summed E-state index contributed by atoms with van der Waals surface area (Å²) in [5, 5.41) is 11.9. The third-order valence-electron chi connectivity index (χ3n) is 9.61. The summed E-state index contributed by atoms with van der Waals surface area (Å²) in [6.45, 7) is 24.4. The molecule has 0 saturated carbocycles. The molecule has 6 N–H and O–H groups in total. The number of rotatable bonds is 17. The van der Waals surface area contributed by atoms with Crippen LogP contribution in [-0.4, -0.2) is 113 Å². The zero-order chi connectivity index (χ0) is 52.8. The van der Waals surface area contributed by atoms with Crippen LogP contribution in [0.15, 0.2) is 89.8 Å². The Morgan fingerprint density at radius 2 is 1.07 bits per heavy atom. The molecular formula is C53H81N7O8S. The van der Waals surface area contributed by atoms with Crippen LogP contribution in [0.2, 0.25) is 0 Å². The molecule has 0 atom stereocenters.